The first-order chi connectivity index (χ1) is 33.8. The molecule has 0 radical (unpaired) electrons. The van der Waals surface area contributed by atoms with Crippen LogP contribution in [-0.2, 0) is 0 Å². The minimum absolute atomic E-state index is 0.127. The number of carbonyl (C=O) groups is 6. The summed E-state index contributed by atoms with van der Waals surface area (Å²) in [7, 11) is 0. The molecule has 0 amide bonds. The van der Waals surface area contributed by atoms with Gasteiger partial charge in [0, 0.05) is 22.3 Å². The summed E-state index contributed by atoms with van der Waals surface area (Å²) in [5.74, 6) is -7.01. The molecule has 0 unspecified atom stereocenters. The van der Waals surface area contributed by atoms with E-state index in [9.17, 15) is 49.2 Å². The standard InChI is InChI=1S/C58H38O12/c59-51(41-7-3-1-4-8-41)29-15-35-11-17-37(18-12-35)39-21-25-43(26-22-39)69-45-31-47(53(57(65)66)49(33-45)55(61)62)48-32-46(34-50(56(63)64)54(48)58(67)68)70-44-27-23-40(24-28-44)38-19-13-36(14-20-38)16-30-52(60)42-9-5-2-6-10-42/h1-34H,(H,61,62)(H,63,64)(H,65,66)(H,67,68)/b29-15+,30-16+. The fourth-order valence-electron chi connectivity index (χ4n) is 7.59. The van der Waals surface area contributed by atoms with E-state index in [1.165, 1.54) is 12.2 Å². The van der Waals surface area contributed by atoms with Crippen molar-refractivity contribution in [3.05, 3.63) is 239 Å². The fraction of sp³-hybridized carbons (Fsp3) is 0. The summed E-state index contributed by atoms with van der Waals surface area (Å²) in [5, 5.41) is 41.3. The molecule has 12 heteroatoms. The van der Waals surface area contributed by atoms with Crippen LogP contribution in [0.2, 0.25) is 0 Å². The Labute approximate surface area is 399 Å². The molecule has 8 rings (SSSR count). The van der Waals surface area contributed by atoms with Gasteiger partial charge in [0.25, 0.3) is 0 Å². The van der Waals surface area contributed by atoms with E-state index in [1.54, 1.807) is 109 Å². The average molecular weight is 927 g/mol. The second-order valence-corrected chi connectivity index (χ2v) is 15.6. The van der Waals surface area contributed by atoms with Crippen molar-refractivity contribution >= 4 is 47.6 Å². The maximum absolute atomic E-state index is 12.8. The molecule has 0 saturated carbocycles. The second-order valence-electron chi connectivity index (χ2n) is 15.6. The highest BCUT2D eigenvalue weighted by Gasteiger charge is 2.30. The van der Waals surface area contributed by atoms with Crippen molar-refractivity contribution in [1.82, 2.24) is 0 Å². The quantitative estimate of drug-likeness (QED) is 0.0498. The molecule has 0 heterocycles. The van der Waals surface area contributed by atoms with Crippen LogP contribution in [0.4, 0.5) is 0 Å². The summed E-state index contributed by atoms with van der Waals surface area (Å²) in [4.78, 5) is 75.9. The smallest absolute Gasteiger partial charge is 0.337 e. The molecule has 8 aromatic rings. The first-order valence-corrected chi connectivity index (χ1v) is 21.4. The van der Waals surface area contributed by atoms with Gasteiger partial charge in [-0.3, -0.25) is 9.59 Å². The van der Waals surface area contributed by atoms with Crippen molar-refractivity contribution in [3.8, 4) is 56.4 Å². The SMILES string of the molecule is O=C(/C=C/c1ccc(-c2ccc(Oc3cc(C(=O)O)c(C(=O)O)c(-c4cc(Oc5ccc(-c6ccc(/C=C/C(=O)c7ccccc7)cc6)cc5)cc(C(=O)O)c4C(=O)O)c3)cc2)cc1)c1ccccc1. The molecule has 8 aromatic carbocycles. The Bertz CT molecular complexity index is 3130. The summed E-state index contributed by atoms with van der Waals surface area (Å²) in [6.07, 6.45) is 6.44. The van der Waals surface area contributed by atoms with Gasteiger partial charge in [-0.2, -0.15) is 0 Å². The number of carboxylic acids is 4. The van der Waals surface area contributed by atoms with Crippen molar-refractivity contribution in [3.63, 3.8) is 0 Å². The van der Waals surface area contributed by atoms with Gasteiger partial charge in [0.05, 0.1) is 22.3 Å². The van der Waals surface area contributed by atoms with E-state index in [4.69, 9.17) is 9.47 Å². The summed E-state index contributed by atoms with van der Waals surface area (Å²) >= 11 is 0. The zero-order chi connectivity index (χ0) is 49.3. The number of hydrogen-bond donors (Lipinski definition) is 4. The predicted molar refractivity (Wildman–Crippen MR) is 263 cm³/mol. The van der Waals surface area contributed by atoms with Gasteiger partial charge in [-0.05, 0) is 94.1 Å². The van der Waals surface area contributed by atoms with Crippen LogP contribution in [0.1, 0.15) is 73.3 Å². The van der Waals surface area contributed by atoms with E-state index in [0.717, 1.165) is 57.6 Å². The minimum Gasteiger partial charge on any atom is -0.478 e. The number of aromatic carboxylic acids is 4. The maximum atomic E-state index is 12.8. The molecular formula is C58H38O12. The van der Waals surface area contributed by atoms with Gasteiger partial charge in [-0.1, -0.05) is 146 Å². The molecule has 0 aliphatic rings. The zero-order valence-electron chi connectivity index (χ0n) is 36.7. The van der Waals surface area contributed by atoms with Crippen LogP contribution < -0.4 is 9.47 Å². The molecule has 0 aliphatic heterocycles. The number of allylic oxidation sites excluding steroid dienone is 2. The number of ketones is 2. The van der Waals surface area contributed by atoms with Gasteiger partial charge in [0.15, 0.2) is 11.6 Å². The number of ether oxygens (including phenoxy) is 2. The van der Waals surface area contributed by atoms with E-state index in [0.29, 0.717) is 11.1 Å². The molecule has 0 aliphatic carbocycles. The molecule has 0 atom stereocenters. The Morgan fingerprint density at radius 3 is 0.957 bits per heavy atom. The van der Waals surface area contributed by atoms with Gasteiger partial charge < -0.3 is 29.9 Å². The Morgan fingerprint density at radius 1 is 0.343 bits per heavy atom. The van der Waals surface area contributed by atoms with Gasteiger partial charge in [0.2, 0.25) is 0 Å². The van der Waals surface area contributed by atoms with Crippen LogP contribution >= 0.6 is 0 Å². The number of carbonyl (C=O) groups excluding carboxylic acids is 2. The van der Waals surface area contributed by atoms with Gasteiger partial charge in [0.1, 0.15) is 23.0 Å². The molecule has 0 bridgehead atoms. The largest absolute Gasteiger partial charge is 0.478 e. The molecule has 0 fully saturated rings. The monoisotopic (exact) mass is 926 g/mol. The molecule has 4 N–H and O–H groups in total. The number of benzene rings is 8. The topological polar surface area (TPSA) is 202 Å². The van der Waals surface area contributed by atoms with Gasteiger partial charge in [-0.15, -0.1) is 0 Å². The highest BCUT2D eigenvalue weighted by Crippen LogP contribution is 2.40. The molecule has 342 valence electrons. The van der Waals surface area contributed by atoms with Crippen LogP contribution in [0.15, 0.2) is 194 Å². The van der Waals surface area contributed by atoms with Crippen LogP contribution in [0.25, 0.3) is 45.5 Å². The van der Waals surface area contributed by atoms with E-state index >= 15 is 0 Å². The first kappa shape index (κ1) is 46.6. The summed E-state index contributed by atoms with van der Waals surface area (Å²) in [6, 6.07) is 50.3. The lowest BCUT2D eigenvalue weighted by molar-refractivity contribution is 0.0650. The Balaban J connectivity index is 1.06. The normalized spacial score (nSPS) is 11.0. The van der Waals surface area contributed by atoms with Crippen LogP contribution in [-0.4, -0.2) is 55.9 Å². The summed E-state index contributed by atoms with van der Waals surface area (Å²) in [5.41, 5.74) is 1.94. The number of hydrogen-bond acceptors (Lipinski definition) is 8. The van der Waals surface area contributed by atoms with Crippen molar-refractivity contribution in [2.75, 3.05) is 0 Å². The van der Waals surface area contributed by atoms with Crippen molar-refractivity contribution in [2.45, 2.75) is 0 Å². The Hall–Kier alpha value is -9.94. The highest BCUT2D eigenvalue weighted by molar-refractivity contribution is 6.12. The minimum atomic E-state index is -1.73. The number of rotatable bonds is 17. The summed E-state index contributed by atoms with van der Waals surface area (Å²) in [6.45, 7) is 0. The number of carboxylic acid groups (broad SMARTS) is 4. The van der Waals surface area contributed by atoms with Crippen molar-refractivity contribution in [1.29, 1.82) is 0 Å². The molecular weight excluding hydrogens is 889 g/mol. The molecule has 0 saturated heterocycles. The third-order valence-electron chi connectivity index (χ3n) is 11.0. The molecule has 0 spiro atoms. The van der Waals surface area contributed by atoms with Crippen LogP contribution in [0.5, 0.6) is 23.0 Å². The average Bonchev–Trinajstić information content (AvgIpc) is 3.37. The van der Waals surface area contributed by atoms with E-state index < -0.39 is 57.3 Å². The van der Waals surface area contributed by atoms with E-state index in [-0.39, 0.29) is 34.6 Å². The lowest BCUT2D eigenvalue weighted by atomic mass is 9.89. The van der Waals surface area contributed by atoms with E-state index in [2.05, 4.69) is 0 Å². The van der Waals surface area contributed by atoms with Crippen molar-refractivity contribution in [2.24, 2.45) is 0 Å². The zero-order valence-corrected chi connectivity index (χ0v) is 36.7. The third kappa shape index (κ3) is 10.8. The van der Waals surface area contributed by atoms with Gasteiger partial charge >= 0.3 is 23.9 Å². The molecule has 12 nitrogen and oxygen atoms in total. The second kappa shape index (κ2) is 20.7. The lowest BCUT2D eigenvalue weighted by Crippen LogP contribution is -2.14. The van der Waals surface area contributed by atoms with Crippen LogP contribution in [0.3, 0.4) is 0 Å². The van der Waals surface area contributed by atoms with Crippen molar-refractivity contribution < 1.29 is 58.7 Å². The first-order valence-electron chi connectivity index (χ1n) is 21.4. The predicted octanol–water partition coefficient (Wildman–Crippen LogP) is 12.9. The molecule has 0 aromatic heterocycles. The third-order valence-corrected chi connectivity index (χ3v) is 11.0. The lowest BCUT2D eigenvalue weighted by Gasteiger charge is -2.18. The van der Waals surface area contributed by atoms with E-state index in [1.807, 2.05) is 60.7 Å². The van der Waals surface area contributed by atoms with Gasteiger partial charge in [-0.25, -0.2) is 19.2 Å². The Morgan fingerprint density at radius 2 is 0.657 bits per heavy atom. The molecule has 70 heavy (non-hydrogen) atoms. The highest BCUT2D eigenvalue weighted by atomic mass is 16.5. The summed E-state index contributed by atoms with van der Waals surface area (Å²) < 4.78 is 12.1. The van der Waals surface area contributed by atoms with Crippen LogP contribution in [0, 0.1) is 0 Å². The fourth-order valence-corrected chi connectivity index (χ4v) is 7.59. The maximum Gasteiger partial charge on any atom is 0.337 e. The Kier molecular flexibility index (Phi) is 13.8.